The van der Waals surface area contributed by atoms with Crippen molar-refractivity contribution < 1.29 is 14.3 Å². The zero-order chi connectivity index (χ0) is 18.2. The van der Waals surface area contributed by atoms with Crippen LogP contribution in [0.4, 0.5) is 5.69 Å². The molecule has 0 saturated carbocycles. The smallest absolute Gasteiger partial charge is 0.243 e. The molecule has 2 aromatic carbocycles. The molecule has 0 unspecified atom stereocenters. The van der Waals surface area contributed by atoms with Crippen molar-refractivity contribution in [2.24, 2.45) is 0 Å². The number of carbonyl (C=O) groups excluding carboxylic acids is 2. The number of amides is 2. The molecule has 0 aliphatic carbocycles. The Morgan fingerprint density at radius 1 is 1.15 bits per heavy atom. The van der Waals surface area contributed by atoms with Gasteiger partial charge in [-0.1, -0.05) is 42.5 Å². The number of likely N-dealkylation sites (tertiary alicyclic amines) is 1. The maximum absolute atomic E-state index is 12.1. The van der Waals surface area contributed by atoms with Crippen LogP contribution in [0.25, 0.3) is 6.08 Å². The first-order valence-electron chi connectivity index (χ1n) is 8.73. The monoisotopic (exact) mass is 350 g/mol. The molecule has 5 heteroatoms. The highest BCUT2D eigenvalue weighted by molar-refractivity contribution is 5.95. The highest BCUT2D eigenvalue weighted by Gasteiger charge is 2.22. The molecular formula is C21H22N2O3. The van der Waals surface area contributed by atoms with Gasteiger partial charge in [0.2, 0.25) is 11.8 Å². The quantitative estimate of drug-likeness (QED) is 0.833. The Kier molecular flexibility index (Phi) is 6.04. The number of hydrogen-bond donors (Lipinski definition) is 1. The van der Waals surface area contributed by atoms with Crippen molar-refractivity contribution in [2.45, 2.75) is 12.8 Å². The molecule has 0 radical (unpaired) electrons. The minimum Gasteiger partial charge on any atom is -0.489 e. The standard InChI is InChI=1S/C21H22N2O3/c24-20(16-23-13-5-12-21(23)25)22-18-10-4-11-19(15-18)26-14-6-9-17-7-2-1-3-8-17/h1-4,6-11,15H,5,12-14,16H2,(H,22,24)/b9-6+. The fourth-order valence-electron chi connectivity index (χ4n) is 2.80. The van der Waals surface area contributed by atoms with Crippen molar-refractivity contribution in [2.75, 3.05) is 25.0 Å². The Hall–Kier alpha value is -3.08. The third-order valence-corrected chi connectivity index (χ3v) is 4.08. The maximum atomic E-state index is 12.1. The van der Waals surface area contributed by atoms with Gasteiger partial charge >= 0.3 is 0 Å². The van der Waals surface area contributed by atoms with Gasteiger partial charge in [-0.05, 0) is 30.2 Å². The second kappa shape index (κ2) is 8.85. The van der Waals surface area contributed by atoms with Crippen LogP contribution in [0.5, 0.6) is 5.75 Å². The van der Waals surface area contributed by atoms with Gasteiger partial charge in [-0.2, -0.15) is 0 Å². The molecule has 1 heterocycles. The fourth-order valence-corrected chi connectivity index (χ4v) is 2.80. The van der Waals surface area contributed by atoms with Gasteiger partial charge in [0.05, 0.1) is 6.54 Å². The van der Waals surface area contributed by atoms with Crippen molar-refractivity contribution in [3.8, 4) is 5.75 Å². The van der Waals surface area contributed by atoms with Crippen molar-refractivity contribution in [1.82, 2.24) is 4.90 Å². The van der Waals surface area contributed by atoms with E-state index in [1.54, 1.807) is 17.0 Å². The lowest BCUT2D eigenvalue weighted by atomic mass is 10.2. The van der Waals surface area contributed by atoms with E-state index in [1.165, 1.54) is 0 Å². The Labute approximate surface area is 153 Å². The van der Waals surface area contributed by atoms with Gasteiger partial charge in [0, 0.05) is 24.7 Å². The fraction of sp³-hybridized carbons (Fsp3) is 0.238. The van der Waals surface area contributed by atoms with Gasteiger partial charge in [0.15, 0.2) is 0 Å². The van der Waals surface area contributed by atoms with Crippen molar-refractivity contribution in [3.05, 3.63) is 66.2 Å². The van der Waals surface area contributed by atoms with Crippen LogP contribution in [0.3, 0.4) is 0 Å². The number of rotatable bonds is 7. The van der Waals surface area contributed by atoms with Crippen LogP contribution in [0.1, 0.15) is 18.4 Å². The SMILES string of the molecule is O=C(CN1CCCC1=O)Nc1cccc(OC/C=C/c2ccccc2)c1. The summed E-state index contributed by atoms with van der Waals surface area (Å²) in [5.74, 6) is 0.529. The van der Waals surface area contributed by atoms with E-state index in [1.807, 2.05) is 54.6 Å². The van der Waals surface area contributed by atoms with E-state index >= 15 is 0 Å². The Morgan fingerprint density at radius 3 is 2.77 bits per heavy atom. The molecule has 2 aromatic rings. The first kappa shape index (κ1) is 17.7. The van der Waals surface area contributed by atoms with E-state index in [0.717, 1.165) is 12.0 Å². The van der Waals surface area contributed by atoms with E-state index in [9.17, 15) is 9.59 Å². The van der Waals surface area contributed by atoms with Crippen LogP contribution in [0.2, 0.25) is 0 Å². The predicted octanol–water partition coefficient (Wildman–Crippen LogP) is 3.34. The molecule has 3 rings (SSSR count). The normalized spacial score (nSPS) is 14.0. The van der Waals surface area contributed by atoms with Crippen LogP contribution in [0.15, 0.2) is 60.7 Å². The molecule has 5 nitrogen and oxygen atoms in total. The van der Waals surface area contributed by atoms with Crippen molar-refractivity contribution >= 4 is 23.6 Å². The average Bonchev–Trinajstić information content (AvgIpc) is 3.04. The lowest BCUT2D eigenvalue weighted by Crippen LogP contribution is -2.33. The summed E-state index contributed by atoms with van der Waals surface area (Å²) in [6.07, 6.45) is 5.30. The Morgan fingerprint density at radius 2 is 2.00 bits per heavy atom. The van der Waals surface area contributed by atoms with Gasteiger partial charge in [-0.25, -0.2) is 0 Å². The zero-order valence-corrected chi connectivity index (χ0v) is 14.6. The van der Waals surface area contributed by atoms with E-state index in [4.69, 9.17) is 4.74 Å². The van der Waals surface area contributed by atoms with Gasteiger partial charge in [-0.15, -0.1) is 0 Å². The number of hydrogen-bond acceptors (Lipinski definition) is 3. The zero-order valence-electron chi connectivity index (χ0n) is 14.6. The van der Waals surface area contributed by atoms with Gasteiger partial charge in [0.1, 0.15) is 12.4 Å². The molecule has 134 valence electrons. The molecule has 0 spiro atoms. The number of benzene rings is 2. The van der Waals surface area contributed by atoms with Crippen LogP contribution in [0, 0.1) is 0 Å². The summed E-state index contributed by atoms with van der Waals surface area (Å²) in [5.41, 5.74) is 1.78. The minimum absolute atomic E-state index is 0.0439. The van der Waals surface area contributed by atoms with Crippen molar-refractivity contribution in [3.63, 3.8) is 0 Å². The first-order chi connectivity index (χ1) is 12.7. The van der Waals surface area contributed by atoms with Crippen molar-refractivity contribution in [1.29, 1.82) is 0 Å². The third kappa shape index (κ3) is 5.21. The summed E-state index contributed by atoms with van der Waals surface area (Å²) in [7, 11) is 0. The number of nitrogens with one attached hydrogen (secondary N) is 1. The molecule has 26 heavy (non-hydrogen) atoms. The lowest BCUT2D eigenvalue weighted by Gasteiger charge is -2.15. The molecule has 2 amide bonds. The van der Waals surface area contributed by atoms with E-state index in [0.29, 0.717) is 31.0 Å². The number of carbonyl (C=O) groups is 2. The van der Waals surface area contributed by atoms with Crippen LogP contribution >= 0.6 is 0 Å². The largest absolute Gasteiger partial charge is 0.489 e. The second-order valence-electron chi connectivity index (χ2n) is 6.12. The number of ether oxygens (including phenoxy) is 1. The molecule has 1 aliphatic heterocycles. The highest BCUT2D eigenvalue weighted by atomic mass is 16.5. The second-order valence-corrected chi connectivity index (χ2v) is 6.12. The van der Waals surface area contributed by atoms with Gasteiger partial charge in [0.25, 0.3) is 0 Å². The van der Waals surface area contributed by atoms with Crippen LogP contribution in [-0.4, -0.2) is 36.4 Å². The summed E-state index contributed by atoms with van der Waals surface area (Å²) in [6, 6.07) is 17.3. The molecule has 0 aromatic heterocycles. The summed E-state index contributed by atoms with van der Waals surface area (Å²) in [6.45, 7) is 1.20. The summed E-state index contributed by atoms with van der Waals surface area (Å²) < 4.78 is 5.70. The summed E-state index contributed by atoms with van der Waals surface area (Å²) >= 11 is 0. The number of nitrogens with zero attached hydrogens (tertiary/aromatic N) is 1. The summed E-state index contributed by atoms with van der Waals surface area (Å²) in [4.78, 5) is 25.3. The van der Waals surface area contributed by atoms with E-state index < -0.39 is 0 Å². The molecule has 1 aliphatic rings. The lowest BCUT2D eigenvalue weighted by molar-refractivity contribution is -0.131. The Balaban J connectivity index is 1.49. The number of anilines is 1. The van der Waals surface area contributed by atoms with Gasteiger partial charge < -0.3 is 15.0 Å². The average molecular weight is 350 g/mol. The third-order valence-electron chi connectivity index (χ3n) is 4.08. The maximum Gasteiger partial charge on any atom is 0.243 e. The Bertz CT molecular complexity index is 787. The molecule has 1 N–H and O–H groups in total. The molecule has 0 atom stereocenters. The first-order valence-corrected chi connectivity index (χ1v) is 8.73. The van der Waals surface area contributed by atoms with Gasteiger partial charge in [-0.3, -0.25) is 9.59 Å². The molecule has 1 fully saturated rings. The van der Waals surface area contributed by atoms with Crippen LogP contribution in [-0.2, 0) is 9.59 Å². The van der Waals surface area contributed by atoms with E-state index in [2.05, 4.69) is 5.32 Å². The molecule has 0 bridgehead atoms. The molecular weight excluding hydrogens is 328 g/mol. The molecule has 1 saturated heterocycles. The highest BCUT2D eigenvalue weighted by Crippen LogP contribution is 2.18. The van der Waals surface area contributed by atoms with Crippen LogP contribution < -0.4 is 10.1 Å². The van der Waals surface area contributed by atoms with E-state index in [-0.39, 0.29) is 18.4 Å². The summed E-state index contributed by atoms with van der Waals surface area (Å²) in [5, 5.41) is 2.82. The minimum atomic E-state index is -0.193. The topological polar surface area (TPSA) is 58.6 Å². The predicted molar refractivity (Wildman–Crippen MR) is 102 cm³/mol.